The van der Waals surface area contributed by atoms with Crippen molar-refractivity contribution < 1.29 is 9.53 Å². The Morgan fingerprint density at radius 1 is 1.50 bits per heavy atom. The van der Waals surface area contributed by atoms with Gasteiger partial charge < -0.3 is 4.74 Å². The average molecular weight is 187 g/mol. The highest BCUT2D eigenvalue weighted by Crippen LogP contribution is 2.43. The Kier molecular flexibility index (Phi) is 2.09. The predicted molar refractivity (Wildman–Crippen MR) is 45.7 cm³/mol. The van der Waals surface area contributed by atoms with Crippen LogP contribution in [0.25, 0.3) is 0 Å². The zero-order valence-corrected chi connectivity index (χ0v) is 7.46. The van der Waals surface area contributed by atoms with E-state index in [1.54, 1.807) is 0 Å². The molecule has 0 radical (unpaired) electrons. The molecule has 0 aliphatic heterocycles. The molecule has 3 unspecified atom stereocenters. The highest BCUT2D eigenvalue weighted by atomic mass is 35.5. The SMILES string of the molecule is O=C(OCCl)C1CC2C=CC1C2. The molecule has 1 fully saturated rings. The molecule has 2 rings (SSSR count). The minimum Gasteiger partial charge on any atom is -0.449 e. The number of hydrogen-bond acceptors (Lipinski definition) is 2. The zero-order chi connectivity index (χ0) is 8.55. The van der Waals surface area contributed by atoms with Crippen LogP contribution in [0.1, 0.15) is 12.8 Å². The van der Waals surface area contributed by atoms with Gasteiger partial charge in [-0.05, 0) is 24.7 Å². The van der Waals surface area contributed by atoms with Crippen LogP contribution in [0, 0.1) is 17.8 Å². The Balaban J connectivity index is 1.98. The van der Waals surface area contributed by atoms with Gasteiger partial charge in [-0.25, -0.2) is 0 Å². The Morgan fingerprint density at radius 3 is 2.83 bits per heavy atom. The summed E-state index contributed by atoms with van der Waals surface area (Å²) in [6.07, 6.45) is 6.42. The van der Waals surface area contributed by atoms with Crippen molar-refractivity contribution in [3.63, 3.8) is 0 Å². The van der Waals surface area contributed by atoms with E-state index in [1.807, 2.05) is 0 Å². The molecule has 2 aliphatic rings. The molecule has 1 saturated carbocycles. The summed E-state index contributed by atoms with van der Waals surface area (Å²) in [6.45, 7) is 0. The van der Waals surface area contributed by atoms with Crippen molar-refractivity contribution in [3.8, 4) is 0 Å². The summed E-state index contributed by atoms with van der Waals surface area (Å²) in [6, 6.07) is -0.0174. The number of alkyl halides is 1. The van der Waals surface area contributed by atoms with Gasteiger partial charge in [0.05, 0.1) is 5.92 Å². The van der Waals surface area contributed by atoms with Crippen LogP contribution in [0.4, 0.5) is 0 Å². The van der Waals surface area contributed by atoms with Crippen molar-refractivity contribution >= 4 is 17.6 Å². The van der Waals surface area contributed by atoms with E-state index in [1.165, 1.54) is 0 Å². The molecule has 3 heteroatoms. The first-order valence-electron chi connectivity index (χ1n) is 4.22. The third-order valence-corrected chi connectivity index (χ3v) is 2.89. The van der Waals surface area contributed by atoms with Crippen molar-refractivity contribution in [2.24, 2.45) is 17.8 Å². The van der Waals surface area contributed by atoms with Crippen molar-refractivity contribution in [2.45, 2.75) is 12.8 Å². The van der Waals surface area contributed by atoms with Crippen LogP contribution in [0.5, 0.6) is 0 Å². The maximum atomic E-state index is 11.3. The van der Waals surface area contributed by atoms with Crippen LogP contribution >= 0.6 is 11.6 Å². The highest BCUT2D eigenvalue weighted by Gasteiger charge is 2.40. The molecule has 0 aromatic rings. The fraction of sp³-hybridized carbons (Fsp3) is 0.667. The lowest BCUT2D eigenvalue weighted by Crippen LogP contribution is -2.20. The maximum absolute atomic E-state index is 11.3. The van der Waals surface area contributed by atoms with Gasteiger partial charge in [-0.3, -0.25) is 4.79 Å². The quantitative estimate of drug-likeness (QED) is 0.374. The van der Waals surface area contributed by atoms with E-state index >= 15 is 0 Å². The van der Waals surface area contributed by atoms with Crippen molar-refractivity contribution in [2.75, 3.05) is 6.07 Å². The largest absolute Gasteiger partial charge is 0.449 e. The van der Waals surface area contributed by atoms with Gasteiger partial charge in [0.25, 0.3) is 0 Å². The van der Waals surface area contributed by atoms with Crippen LogP contribution in [-0.2, 0) is 9.53 Å². The van der Waals surface area contributed by atoms with Crippen LogP contribution in [-0.4, -0.2) is 12.0 Å². The molecule has 0 aromatic carbocycles. The topological polar surface area (TPSA) is 26.3 Å². The van der Waals surface area contributed by atoms with E-state index in [4.69, 9.17) is 16.3 Å². The standard InChI is InChI=1S/C9H11ClO2/c10-5-12-9(11)8-4-6-1-2-7(8)3-6/h1-2,6-8H,3-5H2. The van der Waals surface area contributed by atoms with Gasteiger partial charge in [-0.15, -0.1) is 0 Å². The van der Waals surface area contributed by atoms with Gasteiger partial charge in [0.15, 0.2) is 6.07 Å². The second-order valence-corrected chi connectivity index (χ2v) is 3.68. The minimum absolute atomic E-state index is 0.0174. The van der Waals surface area contributed by atoms with Crippen molar-refractivity contribution in [3.05, 3.63) is 12.2 Å². The number of hydrogen-bond donors (Lipinski definition) is 0. The third kappa shape index (κ3) is 1.24. The number of carbonyl (C=O) groups excluding carboxylic acids is 1. The summed E-state index contributed by atoms with van der Waals surface area (Å²) >= 11 is 5.32. The number of halogens is 1. The molecule has 0 aromatic heterocycles. The molecule has 2 aliphatic carbocycles. The molecular weight excluding hydrogens is 176 g/mol. The number of rotatable bonds is 2. The van der Waals surface area contributed by atoms with E-state index in [0.29, 0.717) is 11.8 Å². The Morgan fingerprint density at radius 2 is 2.33 bits per heavy atom. The van der Waals surface area contributed by atoms with E-state index in [2.05, 4.69) is 12.2 Å². The number of ether oxygens (including phenoxy) is 1. The second kappa shape index (κ2) is 3.09. The van der Waals surface area contributed by atoms with Gasteiger partial charge in [0.2, 0.25) is 0 Å². The molecular formula is C9H11ClO2. The van der Waals surface area contributed by atoms with E-state index in [9.17, 15) is 4.79 Å². The lowest BCUT2D eigenvalue weighted by atomic mass is 9.94. The summed E-state index contributed by atoms with van der Waals surface area (Å²) in [5, 5.41) is 0. The Labute approximate surface area is 76.5 Å². The molecule has 0 saturated heterocycles. The molecule has 0 amide bonds. The first kappa shape index (κ1) is 8.11. The summed E-state index contributed by atoms with van der Waals surface area (Å²) < 4.78 is 4.77. The summed E-state index contributed by atoms with van der Waals surface area (Å²) in [7, 11) is 0. The molecule has 12 heavy (non-hydrogen) atoms. The van der Waals surface area contributed by atoms with Crippen LogP contribution in [0.2, 0.25) is 0 Å². The summed E-state index contributed by atoms with van der Waals surface area (Å²) in [5.41, 5.74) is 0. The molecule has 3 atom stereocenters. The smallest absolute Gasteiger partial charge is 0.310 e. The Hall–Kier alpha value is -0.500. The predicted octanol–water partition coefficient (Wildman–Crippen LogP) is 1.94. The lowest BCUT2D eigenvalue weighted by Gasteiger charge is -2.15. The molecule has 2 nitrogen and oxygen atoms in total. The second-order valence-electron chi connectivity index (χ2n) is 3.46. The van der Waals surface area contributed by atoms with Gasteiger partial charge >= 0.3 is 5.97 Å². The number of esters is 1. The van der Waals surface area contributed by atoms with Gasteiger partial charge in [-0.1, -0.05) is 23.8 Å². The van der Waals surface area contributed by atoms with E-state index in [-0.39, 0.29) is 18.0 Å². The van der Waals surface area contributed by atoms with Gasteiger partial charge in [0.1, 0.15) is 0 Å². The minimum atomic E-state index is -0.123. The van der Waals surface area contributed by atoms with E-state index < -0.39 is 0 Å². The fourth-order valence-corrected chi connectivity index (χ4v) is 2.32. The molecule has 0 N–H and O–H groups in total. The maximum Gasteiger partial charge on any atom is 0.310 e. The van der Waals surface area contributed by atoms with Crippen LogP contribution < -0.4 is 0 Å². The van der Waals surface area contributed by atoms with Crippen LogP contribution in [0.15, 0.2) is 12.2 Å². The first-order valence-corrected chi connectivity index (χ1v) is 4.75. The third-order valence-electron chi connectivity index (χ3n) is 2.78. The average Bonchev–Trinajstić information content (AvgIpc) is 2.64. The summed E-state index contributed by atoms with van der Waals surface area (Å²) in [5.74, 6) is 0.995. The molecule has 66 valence electrons. The van der Waals surface area contributed by atoms with Crippen molar-refractivity contribution in [1.29, 1.82) is 0 Å². The molecule has 0 heterocycles. The monoisotopic (exact) mass is 186 g/mol. The summed E-state index contributed by atoms with van der Waals surface area (Å²) in [4.78, 5) is 11.3. The number of fused-ring (bicyclic) bond motifs is 2. The zero-order valence-electron chi connectivity index (χ0n) is 6.70. The van der Waals surface area contributed by atoms with Crippen LogP contribution in [0.3, 0.4) is 0 Å². The first-order chi connectivity index (χ1) is 5.81. The fourth-order valence-electron chi connectivity index (χ4n) is 2.21. The highest BCUT2D eigenvalue weighted by molar-refractivity contribution is 6.17. The van der Waals surface area contributed by atoms with Crippen molar-refractivity contribution in [1.82, 2.24) is 0 Å². The number of carbonyl (C=O) groups is 1. The molecule has 2 bridgehead atoms. The number of allylic oxidation sites excluding steroid dienone is 2. The Bertz CT molecular complexity index is 225. The lowest BCUT2D eigenvalue weighted by molar-refractivity contribution is -0.147. The van der Waals surface area contributed by atoms with Gasteiger partial charge in [0, 0.05) is 0 Å². The normalized spacial score (nSPS) is 37.2. The molecule has 0 spiro atoms. The van der Waals surface area contributed by atoms with Gasteiger partial charge in [-0.2, -0.15) is 0 Å². The van der Waals surface area contributed by atoms with E-state index in [0.717, 1.165) is 12.8 Å².